The van der Waals surface area contributed by atoms with Crippen LogP contribution in [0.5, 0.6) is 5.75 Å². The molecule has 0 unspecified atom stereocenters. The van der Waals surface area contributed by atoms with E-state index in [2.05, 4.69) is 20.7 Å². The third-order valence-corrected chi connectivity index (χ3v) is 4.01. The van der Waals surface area contributed by atoms with E-state index in [-0.39, 0.29) is 11.7 Å². The number of anilines is 1. The lowest BCUT2D eigenvalue weighted by atomic mass is 10.1. The van der Waals surface area contributed by atoms with Crippen molar-refractivity contribution in [3.63, 3.8) is 0 Å². The topological polar surface area (TPSA) is 29.5 Å². The van der Waals surface area contributed by atoms with Crippen molar-refractivity contribution in [3.8, 4) is 5.75 Å². The number of carbonyl (C=O) groups is 1. The van der Waals surface area contributed by atoms with Crippen LogP contribution in [0, 0.1) is 0 Å². The van der Waals surface area contributed by atoms with E-state index in [0.29, 0.717) is 12.1 Å². The molecule has 22 heavy (non-hydrogen) atoms. The van der Waals surface area contributed by atoms with Crippen molar-refractivity contribution in [2.75, 3.05) is 11.4 Å². The normalized spacial score (nSPS) is 13.4. The molecular weight excluding hydrogens is 356 g/mol. The highest BCUT2D eigenvalue weighted by Crippen LogP contribution is 2.32. The fourth-order valence-corrected chi connectivity index (χ4v) is 2.85. The van der Waals surface area contributed by atoms with Crippen LogP contribution in [0.2, 0.25) is 0 Å². The van der Waals surface area contributed by atoms with Gasteiger partial charge in [0.2, 0.25) is 0 Å². The van der Waals surface area contributed by atoms with Gasteiger partial charge >= 0.3 is 6.61 Å². The number of alkyl halides is 2. The molecule has 6 heteroatoms. The van der Waals surface area contributed by atoms with Crippen LogP contribution < -0.4 is 9.64 Å². The second-order valence-corrected chi connectivity index (χ2v) is 5.80. The van der Waals surface area contributed by atoms with Gasteiger partial charge in [-0.15, -0.1) is 0 Å². The van der Waals surface area contributed by atoms with Crippen LogP contribution in [0.25, 0.3) is 0 Å². The highest BCUT2D eigenvalue weighted by Gasteiger charge is 2.25. The summed E-state index contributed by atoms with van der Waals surface area (Å²) in [4.78, 5) is 14.3. The maximum atomic E-state index is 12.6. The smallest absolute Gasteiger partial charge is 0.387 e. The summed E-state index contributed by atoms with van der Waals surface area (Å²) in [7, 11) is 0. The number of carbonyl (C=O) groups excluding carboxylic acids is 1. The van der Waals surface area contributed by atoms with Crippen molar-refractivity contribution in [2.24, 2.45) is 0 Å². The summed E-state index contributed by atoms with van der Waals surface area (Å²) < 4.78 is 29.4. The largest absolute Gasteiger partial charge is 0.435 e. The molecule has 0 fully saturated rings. The number of fused-ring (bicyclic) bond motifs is 1. The molecule has 1 heterocycles. The molecule has 3 nitrogen and oxygen atoms in total. The Morgan fingerprint density at radius 3 is 2.59 bits per heavy atom. The van der Waals surface area contributed by atoms with Crippen LogP contribution in [-0.4, -0.2) is 19.1 Å². The van der Waals surface area contributed by atoms with E-state index in [0.717, 1.165) is 22.1 Å². The Morgan fingerprint density at radius 2 is 1.91 bits per heavy atom. The summed E-state index contributed by atoms with van der Waals surface area (Å²) >= 11 is 3.40. The minimum atomic E-state index is -2.87. The van der Waals surface area contributed by atoms with E-state index in [1.165, 1.54) is 24.3 Å². The van der Waals surface area contributed by atoms with Crippen molar-refractivity contribution in [3.05, 3.63) is 58.1 Å². The third kappa shape index (κ3) is 2.97. The number of benzene rings is 2. The van der Waals surface area contributed by atoms with Crippen LogP contribution in [0.3, 0.4) is 0 Å². The molecule has 0 radical (unpaired) electrons. The summed E-state index contributed by atoms with van der Waals surface area (Å²) in [6.45, 7) is -2.26. The van der Waals surface area contributed by atoms with Gasteiger partial charge in [-0.3, -0.25) is 4.79 Å². The number of ether oxygens (including phenoxy) is 1. The number of halogens is 3. The third-order valence-electron chi connectivity index (χ3n) is 3.51. The standard InChI is InChI=1S/C16H12BrF2NO2/c17-12-4-1-10-7-8-20(14(10)9-12)15(21)11-2-5-13(6-3-11)22-16(18)19/h1-6,9,16H,7-8H2. The fourth-order valence-electron chi connectivity index (χ4n) is 2.50. The van der Waals surface area contributed by atoms with E-state index < -0.39 is 6.61 Å². The summed E-state index contributed by atoms with van der Waals surface area (Å²) in [6.07, 6.45) is 0.806. The molecule has 3 rings (SSSR count). The molecule has 1 amide bonds. The zero-order valence-electron chi connectivity index (χ0n) is 11.4. The van der Waals surface area contributed by atoms with Gasteiger partial charge in [0.05, 0.1) is 0 Å². The highest BCUT2D eigenvalue weighted by molar-refractivity contribution is 9.10. The Labute approximate surface area is 134 Å². The first-order valence-electron chi connectivity index (χ1n) is 6.70. The van der Waals surface area contributed by atoms with Gasteiger partial charge in [-0.2, -0.15) is 8.78 Å². The predicted octanol–water partition coefficient (Wildman–Crippen LogP) is 4.25. The van der Waals surface area contributed by atoms with Gasteiger partial charge in [-0.05, 0) is 48.4 Å². The number of nitrogens with zero attached hydrogens (tertiary/aromatic N) is 1. The molecule has 2 aromatic carbocycles. The van der Waals surface area contributed by atoms with Crippen molar-refractivity contribution >= 4 is 27.5 Å². The van der Waals surface area contributed by atoms with Gasteiger partial charge in [0.15, 0.2) is 0 Å². The average Bonchev–Trinajstić information content (AvgIpc) is 2.89. The number of hydrogen-bond acceptors (Lipinski definition) is 2. The summed E-state index contributed by atoms with van der Waals surface area (Å²) in [5, 5.41) is 0. The maximum absolute atomic E-state index is 12.6. The first-order valence-corrected chi connectivity index (χ1v) is 7.49. The van der Waals surface area contributed by atoms with Crippen LogP contribution >= 0.6 is 15.9 Å². The lowest BCUT2D eigenvalue weighted by Crippen LogP contribution is -2.28. The molecule has 0 aromatic heterocycles. The van der Waals surface area contributed by atoms with E-state index in [4.69, 9.17) is 0 Å². The van der Waals surface area contributed by atoms with Crippen LogP contribution in [0.4, 0.5) is 14.5 Å². The minimum Gasteiger partial charge on any atom is -0.435 e. The van der Waals surface area contributed by atoms with E-state index in [9.17, 15) is 13.6 Å². The quantitative estimate of drug-likeness (QED) is 0.811. The number of hydrogen-bond donors (Lipinski definition) is 0. The molecular formula is C16H12BrF2NO2. The monoisotopic (exact) mass is 367 g/mol. The first-order chi connectivity index (χ1) is 10.5. The number of amides is 1. The van der Waals surface area contributed by atoms with E-state index in [1.807, 2.05) is 18.2 Å². The molecule has 0 spiro atoms. The molecule has 1 aliphatic rings. The maximum Gasteiger partial charge on any atom is 0.387 e. The predicted molar refractivity (Wildman–Crippen MR) is 82.6 cm³/mol. The second kappa shape index (κ2) is 6.04. The fraction of sp³-hybridized carbons (Fsp3) is 0.188. The van der Waals surface area contributed by atoms with Gasteiger partial charge in [-0.25, -0.2) is 0 Å². The van der Waals surface area contributed by atoms with Crippen LogP contribution in [0.15, 0.2) is 46.9 Å². The Balaban J connectivity index is 1.82. The molecule has 114 valence electrons. The highest BCUT2D eigenvalue weighted by atomic mass is 79.9. The van der Waals surface area contributed by atoms with Gasteiger partial charge in [-0.1, -0.05) is 22.0 Å². The molecule has 2 aromatic rings. The van der Waals surface area contributed by atoms with Gasteiger partial charge in [0.1, 0.15) is 5.75 Å². The van der Waals surface area contributed by atoms with E-state index in [1.54, 1.807) is 4.90 Å². The first kappa shape index (κ1) is 15.0. The molecule has 0 bridgehead atoms. The van der Waals surface area contributed by atoms with Crippen LogP contribution in [0.1, 0.15) is 15.9 Å². The Hall–Kier alpha value is -1.95. The zero-order chi connectivity index (χ0) is 15.7. The molecule has 0 N–H and O–H groups in total. The van der Waals surface area contributed by atoms with Gasteiger partial charge in [0.25, 0.3) is 5.91 Å². The Morgan fingerprint density at radius 1 is 1.18 bits per heavy atom. The zero-order valence-corrected chi connectivity index (χ0v) is 13.0. The SMILES string of the molecule is O=C(c1ccc(OC(F)F)cc1)N1CCc2ccc(Br)cc21. The Bertz CT molecular complexity index is 704. The second-order valence-electron chi connectivity index (χ2n) is 4.88. The van der Waals surface area contributed by atoms with Crippen molar-refractivity contribution < 1.29 is 18.3 Å². The van der Waals surface area contributed by atoms with Crippen LogP contribution in [-0.2, 0) is 6.42 Å². The molecule has 0 aliphatic carbocycles. The summed E-state index contributed by atoms with van der Waals surface area (Å²) in [6, 6.07) is 11.6. The van der Waals surface area contributed by atoms with Crippen molar-refractivity contribution in [1.82, 2.24) is 0 Å². The Kier molecular flexibility index (Phi) is 4.11. The minimum absolute atomic E-state index is 0.0381. The van der Waals surface area contributed by atoms with Crippen molar-refractivity contribution in [2.45, 2.75) is 13.0 Å². The average molecular weight is 368 g/mol. The summed E-state index contributed by atoms with van der Waals surface area (Å²) in [5.74, 6) is -0.114. The van der Waals surface area contributed by atoms with Crippen molar-refractivity contribution in [1.29, 1.82) is 0 Å². The molecule has 1 aliphatic heterocycles. The number of rotatable bonds is 3. The summed E-state index contributed by atoms with van der Waals surface area (Å²) in [5.41, 5.74) is 2.44. The van der Waals surface area contributed by atoms with Gasteiger partial charge < -0.3 is 9.64 Å². The lowest BCUT2D eigenvalue weighted by Gasteiger charge is -2.18. The lowest BCUT2D eigenvalue weighted by molar-refractivity contribution is -0.0498. The van der Waals surface area contributed by atoms with E-state index >= 15 is 0 Å². The molecule has 0 atom stereocenters. The molecule has 0 saturated heterocycles. The molecule has 0 saturated carbocycles. The van der Waals surface area contributed by atoms with Gasteiger partial charge in [0, 0.05) is 22.3 Å².